The highest BCUT2D eigenvalue weighted by molar-refractivity contribution is 5.92. The van der Waals surface area contributed by atoms with Gasteiger partial charge in [0.1, 0.15) is 5.76 Å². The fourth-order valence-electron chi connectivity index (χ4n) is 3.80. The van der Waals surface area contributed by atoms with Gasteiger partial charge in [-0.2, -0.15) is 0 Å². The van der Waals surface area contributed by atoms with Crippen molar-refractivity contribution < 1.29 is 13.6 Å². The Bertz CT molecular complexity index is 809. The molecule has 3 N–H and O–H groups in total. The standard InChI is InChI=1S/C23H35N5O3/c1-3-24-23(26-12-8-11-25-22(29)21-18(2)10-16-31-21)27-17-19(20-9-7-15-30-20)28-13-5-4-6-14-28/h7,9-10,15-16,19H,3-6,8,11-14,17H2,1-2H3,(H,25,29)(H2,24,26,27). The molecule has 1 amide bonds. The highest BCUT2D eigenvalue weighted by Gasteiger charge is 2.24. The minimum Gasteiger partial charge on any atom is -0.468 e. The summed E-state index contributed by atoms with van der Waals surface area (Å²) in [6.07, 6.45) is 7.79. The number of carbonyl (C=O) groups excluding carboxylic acids is 1. The fraction of sp³-hybridized carbons (Fsp3) is 0.565. The van der Waals surface area contributed by atoms with Crippen LogP contribution in [0.4, 0.5) is 0 Å². The van der Waals surface area contributed by atoms with E-state index >= 15 is 0 Å². The molecule has 170 valence electrons. The van der Waals surface area contributed by atoms with Crippen LogP contribution in [0.3, 0.4) is 0 Å². The zero-order chi connectivity index (χ0) is 21.9. The van der Waals surface area contributed by atoms with Crippen LogP contribution in [0.25, 0.3) is 0 Å². The molecule has 0 aromatic carbocycles. The molecular formula is C23H35N5O3. The Labute approximate surface area is 184 Å². The second-order valence-electron chi connectivity index (χ2n) is 7.82. The molecule has 2 aromatic heterocycles. The van der Waals surface area contributed by atoms with Crippen LogP contribution in [-0.2, 0) is 0 Å². The van der Waals surface area contributed by atoms with E-state index in [1.807, 2.05) is 19.1 Å². The van der Waals surface area contributed by atoms with E-state index in [0.29, 0.717) is 25.4 Å². The minimum atomic E-state index is -0.175. The number of hydrogen-bond donors (Lipinski definition) is 3. The largest absolute Gasteiger partial charge is 0.468 e. The molecule has 1 aliphatic rings. The summed E-state index contributed by atoms with van der Waals surface area (Å²) in [5.74, 6) is 1.96. The lowest BCUT2D eigenvalue weighted by molar-refractivity contribution is 0.0925. The Kier molecular flexibility index (Phi) is 9.02. The molecule has 0 saturated carbocycles. The highest BCUT2D eigenvalue weighted by Crippen LogP contribution is 2.25. The van der Waals surface area contributed by atoms with Crippen LogP contribution in [0.2, 0.25) is 0 Å². The second kappa shape index (κ2) is 12.2. The lowest BCUT2D eigenvalue weighted by Crippen LogP contribution is -2.40. The maximum absolute atomic E-state index is 12.1. The van der Waals surface area contributed by atoms with E-state index in [1.165, 1.54) is 25.5 Å². The average molecular weight is 430 g/mol. The van der Waals surface area contributed by atoms with Crippen LogP contribution in [0.15, 0.2) is 44.6 Å². The van der Waals surface area contributed by atoms with Crippen LogP contribution >= 0.6 is 0 Å². The zero-order valence-corrected chi connectivity index (χ0v) is 18.7. The molecule has 0 radical (unpaired) electrons. The Morgan fingerprint density at radius 3 is 2.58 bits per heavy atom. The summed E-state index contributed by atoms with van der Waals surface area (Å²) in [4.78, 5) is 19.4. The summed E-state index contributed by atoms with van der Waals surface area (Å²) in [6, 6.07) is 5.92. The molecule has 31 heavy (non-hydrogen) atoms. The number of aryl methyl sites for hydroxylation is 1. The van der Waals surface area contributed by atoms with Crippen LogP contribution in [0, 0.1) is 6.92 Å². The third-order valence-electron chi connectivity index (χ3n) is 5.47. The summed E-state index contributed by atoms with van der Waals surface area (Å²) in [6.45, 7) is 8.77. The van der Waals surface area contributed by atoms with Crippen molar-refractivity contribution in [2.75, 3.05) is 39.3 Å². The number of amides is 1. The predicted molar refractivity (Wildman–Crippen MR) is 121 cm³/mol. The molecule has 1 unspecified atom stereocenters. The van der Waals surface area contributed by atoms with E-state index in [2.05, 4.69) is 27.8 Å². The molecule has 3 heterocycles. The summed E-state index contributed by atoms with van der Waals surface area (Å²) >= 11 is 0. The molecule has 0 spiro atoms. The van der Waals surface area contributed by atoms with Gasteiger partial charge in [0, 0.05) is 25.2 Å². The van der Waals surface area contributed by atoms with Crippen molar-refractivity contribution in [3.8, 4) is 0 Å². The van der Waals surface area contributed by atoms with E-state index in [1.54, 1.807) is 12.3 Å². The quantitative estimate of drug-likeness (QED) is 0.305. The first-order chi connectivity index (χ1) is 15.2. The van der Waals surface area contributed by atoms with Crippen molar-refractivity contribution in [1.82, 2.24) is 20.9 Å². The number of nitrogens with one attached hydrogen (secondary N) is 3. The first-order valence-electron chi connectivity index (χ1n) is 11.3. The van der Waals surface area contributed by atoms with Crippen LogP contribution in [0.1, 0.15) is 60.5 Å². The van der Waals surface area contributed by atoms with E-state index in [-0.39, 0.29) is 11.9 Å². The molecule has 1 fully saturated rings. The molecule has 2 aromatic rings. The van der Waals surface area contributed by atoms with Gasteiger partial charge < -0.3 is 24.8 Å². The SMILES string of the molecule is CCNC(=NCC(c1ccco1)N1CCCCC1)NCCCNC(=O)c1occc1C. The maximum atomic E-state index is 12.1. The Balaban J connectivity index is 1.48. The molecule has 0 bridgehead atoms. The van der Waals surface area contributed by atoms with Gasteiger partial charge in [-0.25, -0.2) is 0 Å². The highest BCUT2D eigenvalue weighted by atomic mass is 16.3. The number of nitrogens with zero attached hydrogens (tertiary/aromatic N) is 2. The van der Waals surface area contributed by atoms with Gasteiger partial charge in [0.2, 0.25) is 0 Å². The van der Waals surface area contributed by atoms with Crippen LogP contribution in [-0.4, -0.2) is 56.0 Å². The number of hydrogen-bond acceptors (Lipinski definition) is 5. The van der Waals surface area contributed by atoms with Crippen molar-refractivity contribution >= 4 is 11.9 Å². The molecule has 1 atom stereocenters. The monoisotopic (exact) mass is 429 g/mol. The third kappa shape index (κ3) is 6.89. The number of likely N-dealkylation sites (tertiary alicyclic amines) is 1. The van der Waals surface area contributed by atoms with Crippen molar-refractivity contribution in [2.24, 2.45) is 4.99 Å². The summed E-state index contributed by atoms with van der Waals surface area (Å²) in [5, 5.41) is 9.55. The topological polar surface area (TPSA) is 95.0 Å². The Hall–Kier alpha value is -2.74. The molecule has 8 heteroatoms. The van der Waals surface area contributed by atoms with Gasteiger partial charge in [0.25, 0.3) is 5.91 Å². The van der Waals surface area contributed by atoms with Gasteiger partial charge in [-0.15, -0.1) is 0 Å². The van der Waals surface area contributed by atoms with Gasteiger partial charge >= 0.3 is 0 Å². The molecular weight excluding hydrogens is 394 g/mol. The van der Waals surface area contributed by atoms with E-state index in [4.69, 9.17) is 13.8 Å². The predicted octanol–water partition coefficient (Wildman–Crippen LogP) is 3.08. The van der Waals surface area contributed by atoms with E-state index in [9.17, 15) is 4.79 Å². The molecule has 0 aliphatic carbocycles. The summed E-state index contributed by atoms with van der Waals surface area (Å²) in [5.41, 5.74) is 0.844. The molecule has 3 rings (SSSR count). The van der Waals surface area contributed by atoms with Crippen LogP contribution in [0.5, 0.6) is 0 Å². The fourth-order valence-corrected chi connectivity index (χ4v) is 3.80. The van der Waals surface area contributed by atoms with Crippen molar-refractivity contribution in [3.63, 3.8) is 0 Å². The first kappa shape index (κ1) is 22.9. The number of aliphatic imine (C=N–C) groups is 1. The lowest BCUT2D eigenvalue weighted by atomic mass is 10.1. The Morgan fingerprint density at radius 2 is 1.90 bits per heavy atom. The summed E-state index contributed by atoms with van der Waals surface area (Å²) < 4.78 is 10.9. The molecule has 1 saturated heterocycles. The minimum absolute atomic E-state index is 0.154. The third-order valence-corrected chi connectivity index (χ3v) is 5.47. The van der Waals surface area contributed by atoms with Crippen molar-refractivity contribution in [2.45, 2.75) is 45.6 Å². The normalized spacial score (nSPS) is 16.1. The van der Waals surface area contributed by atoms with Crippen LogP contribution < -0.4 is 16.0 Å². The zero-order valence-electron chi connectivity index (χ0n) is 18.7. The smallest absolute Gasteiger partial charge is 0.287 e. The number of piperidine rings is 1. The number of guanidine groups is 1. The lowest BCUT2D eigenvalue weighted by Gasteiger charge is -2.32. The van der Waals surface area contributed by atoms with Crippen molar-refractivity contribution in [1.29, 1.82) is 0 Å². The van der Waals surface area contributed by atoms with E-state index < -0.39 is 0 Å². The van der Waals surface area contributed by atoms with Gasteiger partial charge in [0.15, 0.2) is 11.7 Å². The van der Waals surface area contributed by atoms with Gasteiger partial charge in [-0.1, -0.05) is 6.42 Å². The first-order valence-corrected chi connectivity index (χ1v) is 11.3. The number of carbonyl (C=O) groups is 1. The average Bonchev–Trinajstić information content (AvgIpc) is 3.46. The maximum Gasteiger partial charge on any atom is 0.287 e. The van der Waals surface area contributed by atoms with Gasteiger partial charge in [-0.3, -0.25) is 14.7 Å². The molecule has 8 nitrogen and oxygen atoms in total. The molecule has 1 aliphatic heterocycles. The van der Waals surface area contributed by atoms with E-state index in [0.717, 1.165) is 43.3 Å². The summed E-state index contributed by atoms with van der Waals surface area (Å²) in [7, 11) is 0. The van der Waals surface area contributed by atoms with Gasteiger partial charge in [-0.05, 0) is 64.4 Å². The van der Waals surface area contributed by atoms with Gasteiger partial charge in [0.05, 0.1) is 25.1 Å². The number of furan rings is 2. The number of rotatable bonds is 10. The van der Waals surface area contributed by atoms with Crippen molar-refractivity contribution in [3.05, 3.63) is 47.8 Å². The second-order valence-corrected chi connectivity index (χ2v) is 7.82. The Morgan fingerprint density at radius 1 is 1.10 bits per heavy atom.